The predicted molar refractivity (Wildman–Crippen MR) is 65.3 cm³/mol. The van der Waals surface area contributed by atoms with Gasteiger partial charge in [0.15, 0.2) is 0 Å². The Bertz CT molecular complexity index is 180. The third kappa shape index (κ3) is 6.76. The fourth-order valence-electron chi connectivity index (χ4n) is 1.38. The Labute approximate surface area is 89.3 Å². The van der Waals surface area contributed by atoms with Gasteiger partial charge in [-0.1, -0.05) is 38.8 Å². The Morgan fingerprint density at radius 1 is 1.36 bits per heavy atom. The van der Waals surface area contributed by atoms with Gasteiger partial charge in [-0.25, -0.2) is 0 Å². The molecule has 0 heterocycles. The summed E-state index contributed by atoms with van der Waals surface area (Å²) in [4.78, 5) is 0. The van der Waals surface area contributed by atoms with Crippen molar-refractivity contribution in [3.8, 4) is 0 Å². The van der Waals surface area contributed by atoms with Gasteiger partial charge in [0.05, 0.1) is 0 Å². The quantitative estimate of drug-likeness (QED) is 0.608. The standard InChI is InChI=1S/C13H25N/c1-5-8-10-12(4)11-14-13(7-3)9-6-2/h6-7,9,12,14H,5,8,10-11H2,1-4H3/b9-6-,13-7+. The molecule has 0 aliphatic rings. The lowest BCUT2D eigenvalue weighted by Gasteiger charge is -2.13. The number of unbranched alkanes of at least 4 members (excludes halogenated alkanes) is 1. The molecule has 0 spiro atoms. The summed E-state index contributed by atoms with van der Waals surface area (Å²) in [5.41, 5.74) is 1.23. The third-order valence-electron chi connectivity index (χ3n) is 2.36. The molecule has 0 bridgehead atoms. The minimum Gasteiger partial charge on any atom is -0.385 e. The molecule has 1 heteroatoms. The van der Waals surface area contributed by atoms with Gasteiger partial charge in [-0.05, 0) is 32.3 Å². The lowest BCUT2D eigenvalue weighted by Crippen LogP contribution is -2.19. The normalized spacial score (nSPS) is 14.7. The zero-order chi connectivity index (χ0) is 10.8. The Kier molecular flexibility index (Phi) is 8.40. The SMILES string of the molecule is C/C=C\C(=C/C)NCC(C)CCCC. The highest BCUT2D eigenvalue weighted by Gasteiger charge is 2.00. The second-order valence-electron chi connectivity index (χ2n) is 3.87. The largest absolute Gasteiger partial charge is 0.385 e. The van der Waals surface area contributed by atoms with Crippen LogP contribution in [0.15, 0.2) is 23.9 Å². The van der Waals surface area contributed by atoms with Crippen molar-refractivity contribution < 1.29 is 0 Å². The van der Waals surface area contributed by atoms with Crippen LogP contribution < -0.4 is 5.32 Å². The second-order valence-corrected chi connectivity index (χ2v) is 3.87. The minimum absolute atomic E-state index is 0.773. The lowest BCUT2D eigenvalue weighted by atomic mass is 10.0. The van der Waals surface area contributed by atoms with Gasteiger partial charge < -0.3 is 5.32 Å². The summed E-state index contributed by atoms with van der Waals surface area (Å²) in [5, 5.41) is 3.45. The van der Waals surface area contributed by atoms with E-state index in [4.69, 9.17) is 0 Å². The van der Waals surface area contributed by atoms with Crippen LogP contribution in [0.5, 0.6) is 0 Å². The Morgan fingerprint density at radius 3 is 2.57 bits per heavy atom. The molecule has 14 heavy (non-hydrogen) atoms. The Hall–Kier alpha value is -0.720. The monoisotopic (exact) mass is 195 g/mol. The van der Waals surface area contributed by atoms with Crippen LogP contribution in [-0.4, -0.2) is 6.54 Å². The zero-order valence-electron chi connectivity index (χ0n) is 10.1. The molecule has 0 amide bonds. The van der Waals surface area contributed by atoms with E-state index in [9.17, 15) is 0 Å². The van der Waals surface area contributed by atoms with E-state index >= 15 is 0 Å². The molecule has 1 N–H and O–H groups in total. The molecule has 0 rings (SSSR count). The highest BCUT2D eigenvalue weighted by Crippen LogP contribution is 2.06. The van der Waals surface area contributed by atoms with Crippen LogP contribution in [-0.2, 0) is 0 Å². The molecular formula is C13H25N. The fraction of sp³-hybridized carbons (Fsp3) is 0.692. The summed E-state index contributed by atoms with van der Waals surface area (Å²) in [7, 11) is 0. The van der Waals surface area contributed by atoms with E-state index < -0.39 is 0 Å². The van der Waals surface area contributed by atoms with Crippen molar-refractivity contribution >= 4 is 0 Å². The van der Waals surface area contributed by atoms with Gasteiger partial charge in [-0.3, -0.25) is 0 Å². The van der Waals surface area contributed by atoms with Gasteiger partial charge >= 0.3 is 0 Å². The molecule has 0 aromatic heterocycles. The van der Waals surface area contributed by atoms with Crippen molar-refractivity contribution in [3.63, 3.8) is 0 Å². The summed E-state index contributed by atoms with van der Waals surface area (Å²) >= 11 is 0. The van der Waals surface area contributed by atoms with Crippen molar-refractivity contribution in [1.29, 1.82) is 0 Å². The van der Waals surface area contributed by atoms with Crippen LogP contribution in [0.4, 0.5) is 0 Å². The van der Waals surface area contributed by atoms with Crippen molar-refractivity contribution in [2.24, 2.45) is 5.92 Å². The molecule has 0 aromatic carbocycles. The molecule has 1 unspecified atom stereocenters. The first-order valence-corrected chi connectivity index (χ1v) is 5.77. The molecule has 0 aliphatic heterocycles. The Balaban J connectivity index is 3.69. The summed E-state index contributed by atoms with van der Waals surface area (Å²) in [5.74, 6) is 0.773. The predicted octanol–water partition coefficient (Wildman–Crippen LogP) is 3.88. The van der Waals surface area contributed by atoms with Crippen molar-refractivity contribution in [2.75, 3.05) is 6.54 Å². The van der Waals surface area contributed by atoms with E-state index in [0.717, 1.165) is 12.5 Å². The summed E-state index contributed by atoms with van der Waals surface area (Å²) in [6, 6.07) is 0. The maximum Gasteiger partial charge on any atom is 0.0293 e. The maximum atomic E-state index is 3.45. The van der Waals surface area contributed by atoms with Crippen LogP contribution in [0, 0.1) is 5.92 Å². The van der Waals surface area contributed by atoms with E-state index in [2.05, 4.69) is 44.3 Å². The summed E-state index contributed by atoms with van der Waals surface area (Å²) in [6.45, 7) is 9.76. The molecule has 1 atom stereocenters. The molecule has 82 valence electrons. The second kappa shape index (κ2) is 8.86. The van der Waals surface area contributed by atoms with Crippen LogP contribution in [0.2, 0.25) is 0 Å². The molecule has 0 saturated heterocycles. The maximum absolute atomic E-state index is 3.45. The number of hydrogen-bond donors (Lipinski definition) is 1. The lowest BCUT2D eigenvalue weighted by molar-refractivity contribution is 0.487. The van der Waals surface area contributed by atoms with Crippen molar-refractivity contribution in [3.05, 3.63) is 23.9 Å². The first-order chi connectivity index (χ1) is 6.74. The molecule has 1 nitrogen and oxygen atoms in total. The molecular weight excluding hydrogens is 170 g/mol. The first kappa shape index (κ1) is 13.3. The Morgan fingerprint density at radius 2 is 2.07 bits per heavy atom. The topological polar surface area (TPSA) is 12.0 Å². The van der Waals surface area contributed by atoms with Gasteiger partial charge in [0.2, 0.25) is 0 Å². The van der Waals surface area contributed by atoms with E-state index in [1.807, 2.05) is 6.92 Å². The number of allylic oxidation sites excluding steroid dienone is 3. The highest BCUT2D eigenvalue weighted by atomic mass is 14.9. The number of hydrogen-bond acceptors (Lipinski definition) is 1. The van der Waals surface area contributed by atoms with Gasteiger partial charge in [0.1, 0.15) is 0 Å². The smallest absolute Gasteiger partial charge is 0.0293 e. The van der Waals surface area contributed by atoms with Crippen molar-refractivity contribution in [2.45, 2.75) is 47.0 Å². The van der Waals surface area contributed by atoms with E-state index in [1.165, 1.54) is 25.0 Å². The van der Waals surface area contributed by atoms with Crippen LogP contribution in [0.3, 0.4) is 0 Å². The van der Waals surface area contributed by atoms with Gasteiger partial charge in [-0.15, -0.1) is 0 Å². The highest BCUT2D eigenvalue weighted by molar-refractivity contribution is 5.14. The number of rotatable bonds is 7. The molecule has 0 fully saturated rings. The van der Waals surface area contributed by atoms with E-state index in [1.54, 1.807) is 0 Å². The van der Waals surface area contributed by atoms with Gasteiger partial charge in [0.25, 0.3) is 0 Å². The van der Waals surface area contributed by atoms with Crippen LogP contribution in [0.25, 0.3) is 0 Å². The van der Waals surface area contributed by atoms with E-state index in [0.29, 0.717) is 0 Å². The fourth-order valence-corrected chi connectivity index (χ4v) is 1.38. The van der Waals surface area contributed by atoms with Crippen LogP contribution in [0.1, 0.15) is 47.0 Å². The van der Waals surface area contributed by atoms with Gasteiger partial charge in [0, 0.05) is 12.2 Å². The number of nitrogens with one attached hydrogen (secondary N) is 1. The molecule has 0 aromatic rings. The summed E-state index contributed by atoms with van der Waals surface area (Å²) < 4.78 is 0. The average molecular weight is 195 g/mol. The molecule has 0 radical (unpaired) electrons. The van der Waals surface area contributed by atoms with Crippen molar-refractivity contribution in [1.82, 2.24) is 5.32 Å². The zero-order valence-corrected chi connectivity index (χ0v) is 10.1. The van der Waals surface area contributed by atoms with Crippen LogP contribution >= 0.6 is 0 Å². The molecule has 0 aliphatic carbocycles. The molecule has 0 saturated carbocycles. The van der Waals surface area contributed by atoms with Gasteiger partial charge in [-0.2, -0.15) is 0 Å². The first-order valence-electron chi connectivity index (χ1n) is 5.77. The van der Waals surface area contributed by atoms with E-state index in [-0.39, 0.29) is 0 Å². The third-order valence-corrected chi connectivity index (χ3v) is 2.36. The minimum atomic E-state index is 0.773. The average Bonchev–Trinajstić information content (AvgIpc) is 2.21. The summed E-state index contributed by atoms with van der Waals surface area (Å²) in [6.07, 6.45) is 10.3.